The maximum atomic E-state index is 11.2. The highest BCUT2D eigenvalue weighted by Gasteiger charge is 2.11. The first-order valence-electron chi connectivity index (χ1n) is 5.71. The van der Waals surface area contributed by atoms with Crippen molar-refractivity contribution in [1.82, 2.24) is 0 Å². The van der Waals surface area contributed by atoms with Crippen molar-refractivity contribution in [2.45, 2.75) is 13.3 Å². The van der Waals surface area contributed by atoms with Gasteiger partial charge in [-0.2, -0.15) is 0 Å². The van der Waals surface area contributed by atoms with Crippen molar-refractivity contribution in [3.05, 3.63) is 24.3 Å². The number of rotatable bonds is 6. The van der Waals surface area contributed by atoms with Gasteiger partial charge in [0, 0.05) is 19.3 Å². The monoisotopic (exact) mass is 256 g/mol. The molecule has 96 valence electrons. The lowest BCUT2D eigenvalue weighted by Crippen LogP contribution is -2.30. The third kappa shape index (κ3) is 4.65. The molecule has 4 nitrogen and oxygen atoms in total. The zero-order valence-electron chi connectivity index (χ0n) is 10.4. The number of anilines is 2. The smallest absolute Gasteiger partial charge is 0.149 e. The van der Waals surface area contributed by atoms with E-state index in [2.05, 4.69) is 6.92 Å². The van der Waals surface area contributed by atoms with E-state index in [1.807, 2.05) is 29.2 Å². The molecule has 1 aromatic carbocycles. The summed E-state index contributed by atoms with van der Waals surface area (Å²) in [7, 11) is -2.94. The van der Waals surface area contributed by atoms with Crippen molar-refractivity contribution in [3.63, 3.8) is 0 Å². The third-order valence-electron chi connectivity index (χ3n) is 2.50. The lowest BCUT2D eigenvalue weighted by molar-refractivity contribution is 0.600. The highest BCUT2D eigenvalue weighted by Crippen LogP contribution is 2.22. The van der Waals surface area contributed by atoms with Gasteiger partial charge in [0.15, 0.2) is 0 Å². The van der Waals surface area contributed by atoms with Gasteiger partial charge in [0.25, 0.3) is 0 Å². The highest BCUT2D eigenvalue weighted by atomic mass is 32.2. The van der Waals surface area contributed by atoms with Crippen LogP contribution in [-0.4, -0.2) is 33.5 Å². The molecule has 0 aliphatic heterocycles. The van der Waals surface area contributed by atoms with Gasteiger partial charge in [-0.05, 0) is 18.6 Å². The van der Waals surface area contributed by atoms with Gasteiger partial charge in [-0.3, -0.25) is 0 Å². The molecule has 5 heteroatoms. The normalized spacial score (nSPS) is 11.4. The molecule has 0 saturated heterocycles. The molecule has 17 heavy (non-hydrogen) atoms. The van der Waals surface area contributed by atoms with Gasteiger partial charge in [0.2, 0.25) is 0 Å². The van der Waals surface area contributed by atoms with Crippen molar-refractivity contribution in [2.75, 3.05) is 35.7 Å². The molecule has 0 radical (unpaired) electrons. The quantitative estimate of drug-likeness (QED) is 0.784. The molecule has 0 spiro atoms. The number of nitrogens with zero attached hydrogens (tertiary/aromatic N) is 1. The first kappa shape index (κ1) is 13.8. The van der Waals surface area contributed by atoms with Crippen LogP contribution in [0.4, 0.5) is 11.4 Å². The molecular weight excluding hydrogens is 236 g/mol. The summed E-state index contributed by atoms with van der Waals surface area (Å²) in [5.74, 6) is 0.154. The Kier molecular flexibility index (Phi) is 4.81. The Labute approximate surface area is 103 Å². The number of hydrogen-bond donors (Lipinski definition) is 1. The number of benzene rings is 1. The number of nitrogens with two attached hydrogens (primary N) is 1. The largest absolute Gasteiger partial charge is 0.397 e. The molecule has 0 aromatic heterocycles. The molecule has 0 atom stereocenters. The molecule has 0 saturated carbocycles. The van der Waals surface area contributed by atoms with Crippen LogP contribution < -0.4 is 10.6 Å². The predicted molar refractivity (Wildman–Crippen MR) is 73.1 cm³/mol. The van der Waals surface area contributed by atoms with Crippen molar-refractivity contribution < 1.29 is 8.42 Å². The Balaban J connectivity index is 2.82. The maximum absolute atomic E-state index is 11.2. The minimum absolute atomic E-state index is 0.154. The lowest BCUT2D eigenvalue weighted by Gasteiger charge is -2.25. The Hall–Kier alpha value is -1.23. The van der Waals surface area contributed by atoms with Gasteiger partial charge >= 0.3 is 0 Å². The second kappa shape index (κ2) is 5.91. The molecule has 0 aliphatic carbocycles. The molecule has 0 bridgehead atoms. The molecule has 1 rings (SSSR count). The highest BCUT2D eigenvalue weighted by molar-refractivity contribution is 7.90. The van der Waals surface area contributed by atoms with Crippen molar-refractivity contribution in [3.8, 4) is 0 Å². The van der Waals surface area contributed by atoms with E-state index < -0.39 is 9.84 Å². The molecule has 1 aromatic rings. The molecule has 0 fully saturated rings. The number of sulfone groups is 1. The molecule has 0 heterocycles. The number of hydrogen-bond acceptors (Lipinski definition) is 4. The molecule has 0 amide bonds. The molecule has 0 unspecified atom stereocenters. The van der Waals surface area contributed by atoms with E-state index >= 15 is 0 Å². The Bertz CT molecular complexity index is 457. The molecule has 0 aliphatic rings. The van der Waals surface area contributed by atoms with E-state index in [9.17, 15) is 8.42 Å². The van der Waals surface area contributed by atoms with Crippen LogP contribution in [-0.2, 0) is 9.84 Å². The fourth-order valence-electron chi connectivity index (χ4n) is 1.67. The standard InChI is InChI=1S/C12H20N2O2S/c1-3-8-14(9-10-17(2,15)16)12-7-5-4-6-11(12)13/h4-7H,3,8-10,13H2,1-2H3. The van der Waals surface area contributed by atoms with Gasteiger partial charge in [0.1, 0.15) is 9.84 Å². The van der Waals surface area contributed by atoms with E-state index in [0.29, 0.717) is 12.2 Å². The summed E-state index contributed by atoms with van der Waals surface area (Å²) in [6, 6.07) is 7.54. The minimum Gasteiger partial charge on any atom is -0.397 e. The molecule has 2 N–H and O–H groups in total. The van der Waals surface area contributed by atoms with E-state index in [1.165, 1.54) is 6.26 Å². The Morgan fingerprint density at radius 3 is 2.41 bits per heavy atom. The third-order valence-corrected chi connectivity index (χ3v) is 3.43. The van der Waals surface area contributed by atoms with Crippen molar-refractivity contribution >= 4 is 21.2 Å². The minimum atomic E-state index is -2.94. The first-order chi connectivity index (χ1) is 7.94. The van der Waals surface area contributed by atoms with Crippen LogP contribution in [0.1, 0.15) is 13.3 Å². The molecular formula is C12H20N2O2S. The van der Waals surface area contributed by atoms with E-state index in [1.54, 1.807) is 0 Å². The van der Waals surface area contributed by atoms with Gasteiger partial charge in [-0.1, -0.05) is 19.1 Å². The Morgan fingerprint density at radius 1 is 1.24 bits per heavy atom. The second-order valence-corrected chi connectivity index (χ2v) is 6.44. The second-order valence-electron chi connectivity index (χ2n) is 4.18. The van der Waals surface area contributed by atoms with Gasteiger partial charge in [-0.25, -0.2) is 8.42 Å². The zero-order chi connectivity index (χ0) is 12.9. The number of para-hydroxylation sites is 2. The first-order valence-corrected chi connectivity index (χ1v) is 7.77. The summed E-state index contributed by atoms with van der Waals surface area (Å²) in [6.45, 7) is 3.36. The topological polar surface area (TPSA) is 63.4 Å². The summed E-state index contributed by atoms with van der Waals surface area (Å²) < 4.78 is 22.4. The summed E-state index contributed by atoms with van der Waals surface area (Å²) in [5.41, 5.74) is 7.50. The van der Waals surface area contributed by atoms with E-state index in [4.69, 9.17) is 5.73 Å². The Morgan fingerprint density at radius 2 is 1.88 bits per heavy atom. The van der Waals surface area contributed by atoms with Crippen LogP contribution >= 0.6 is 0 Å². The predicted octanol–water partition coefficient (Wildman–Crippen LogP) is 1.53. The van der Waals surface area contributed by atoms with Crippen LogP contribution in [0.2, 0.25) is 0 Å². The van der Waals surface area contributed by atoms with E-state index in [0.717, 1.165) is 18.7 Å². The fraction of sp³-hybridized carbons (Fsp3) is 0.500. The van der Waals surface area contributed by atoms with Crippen molar-refractivity contribution in [2.24, 2.45) is 0 Å². The van der Waals surface area contributed by atoms with Crippen LogP contribution in [0.5, 0.6) is 0 Å². The van der Waals surface area contributed by atoms with E-state index in [-0.39, 0.29) is 5.75 Å². The lowest BCUT2D eigenvalue weighted by atomic mass is 10.2. The maximum Gasteiger partial charge on any atom is 0.149 e. The average molecular weight is 256 g/mol. The SMILES string of the molecule is CCCN(CCS(C)(=O)=O)c1ccccc1N. The average Bonchev–Trinajstić information content (AvgIpc) is 2.24. The summed E-state index contributed by atoms with van der Waals surface area (Å²) in [6.07, 6.45) is 2.21. The van der Waals surface area contributed by atoms with Crippen molar-refractivity contribution in [1.29, 1.82) is 0 Å². The van der Waals surface area contributed by atoms with Crippen LogP contribution in [0.25, 0.3) is 0 Å². The summed E-state index contributed by atoms with van der Waals surface area (Å²) in [4.78, 5) is 2.02. The zero-order valence-corrected chi connectivity index (χ0v) is 11.2. The fourth-order valence-corrected chi connectivity index (χ4v) is 2.23. The van der Waals surface area contributed by atoms with Gasteiger partial charge < -0.3 is 10.6 Å². The number of nitrogen functional groups attached to an aromatic ring is 1. The van der Waals surface area contributed by atoms with Gasteiger partial charge in [-0.15, -0.1) is 0 Å². The summed E-state index contributed by atoms with van der Waals surface area (Å²) in [5, 5.41) is 0. The summed E-state index contributed by atoms with van der Waals surface area (Å²) >= 11 is 0. The van der Waals surface area contributed by atoms with Crippen LogP contribution in [0, 0.1) is 0 Å². The van der Waals surface area contributed by atoms with Crippen LogP contribution in [0.15, 0.2) is 24.3 Å². The van der Waals surface area contributed by atoms with Crippen LogP contribution in [0.3, 0.4) is 0 Å². The van der Waals surface area contributed by atoms with Gasteiger partial charge in [0.05, 0.1) is 17.1 Å².